The maximum Gasteiger partial charge on any atom is 0.416 e. The minimum Gasteiger partial charge on any atom is -0.300 e. The molecule has 0 saturated carbocycles. The van der Waals surface area contributed by atoms with Crippen LogP contribution in [0.25, 0.3) is 11.4 Å². The molecule has 4 aromatic rings. The molecule has 43 heavy (non-hydrogen) atoms. The summed E-state index contributed by atoms with van der Waals surface area (Å²) in [6, 6.07) is 11.8. The lowest BCUT2D eigenvalue weighted by Crippen LogP contribution is -2.35. The minimum absolute atomic E-state index is 0.0129. The molecule has 1 amide bonds. The molecule has 1 unspecified atom stereocenters. The molecule has 1 atom stereocenters. The van der Waals surface area contributed by atoms with Crippen molar-refractivity contribution in [3.63, 3.8) is 0 Å². The van der Waals surface area contributed by atoms with E-state index in [9.17, 15) is 35.5 Å². The van der Waals surface area contributed by atoms with E-state index in [-0.39, 0.29) is 31.1 Å². The predicted molar refractivity (Wildman–Crippen MR) is 143 cm³/mol. The van der Waals surface area contributed by atoms with Crippen molar-refractivity contribution in [2.75, 3.05) is 11.4 Å². The standard InChI is InChI=1S/C31H21F7N4O/c1-18-4-11-27(41-40-18)26-12-5-19(17-39-26)3-2-14-42-28-13-8-22(32)15-20(28)6-9-24(29(42)43)23-10-7-21(30(33,34)35)16-25(23)31(36,37)38/h4-5,7-8,10-13,15-17,24H,6,9,14H2,1H3. The summed E-state index contributed by atoms with van der Waals surface area (Å²) in [6.07, 6.45) is -8.85. The van der Waals surface area contributed by atoms with Gasteiger partial charge in [0.15, 0.2) is 0 Å². The summed E-state index contributed by atoms with van der Waals surface area (Å²) in [6.45, 7) is 1.52. The van der Waals surface area contributed by atoms with Gasteiger partial charge in [-0.05, 0) is 85.5 Å². The molecule has 3 heterocycles. The number of carbonyl (C=O) groups excluding carboxylic acids is 1. The largest absolute Gasteiger partial charge is 0.416 e. The summed E-state index contributed by atoms with van der Waals surface area (Å²) in [5.41, 5.74) is -0.666. The normalized spacial score (nSPS) is 15.4. The van der Waals surface area contributed by atoms with Crippen LogP contribution in [0.4, 0.5) is 36.4 Å². The molecule has 2 aromatic carbocycles. The van der Waals surface area contributed by atoms with Gasteiger partial charge < -0.3 is 0 Å². The van der Waals surface area contributed by atoms with Crippen molar-refractivity contribution in [3.05, 3.63) is 106 Å². The lowest BCUT2D eigenvalue weighted by molar-refractivity contribution is -0.143. The van der Waals surface area contributed by atoms with E-state index >= 15 is 0 Å². The Morgan fingerprint density at radius 2 is 1.67 bits per heavy atom. The monoisotopic (exact) mass is 598 g/mol. The number of carbonyl (C=O) groups is 1. The van der Waals surface area contributed by atoms with E-state index in [1.54, 1.807) is 31.2 Å². The molecule has 5 nitrogen and oxygen atoms in total. The van der Waals surface area contributed by atoms with E-state index in [4.69, 9.17) is 0 Å². The number of amides is 1. The Hall–Kier alpha value is -4.79. The zero-order valence-corrected chi connectivity index (χ0v) is 22.4. The second kappa shape index (κ2) is 11.5. The summed E-state index contributed by atoms with van der Waals surface area (Å²) >= 11 is 0. The van der Waals surface area contributed by atoms with Gasteiger partial charge in [-0.25, -0.2) is 4.39 Å². The number of benzene rings is 2. The van der Waals surface area contributed by atoms with Crippen molar-refractivity contribution in [1.82, 2.24) is 15.2 Å². The van der Waals surface area contributed by atoms with Crippen molar-refractivity contribution < 1.29 is 35.5 Å². The van der Waals surface area contributed by atoms with Crippen LogP contribution in [0.3, 0.4) is 0 Å². The summed E-state index contributed by atoms with van der Waals surface area (Å²) < 4.78 is 95.8. The molecule has 220 valence electrons. The first kappa shape index (κ1) is 29.7. The Balaban J connectivity index is 1.48. The molecule has 5 rings (SSSR count). The number of aryl methyl sites for hydroxylation is 2. The highest BCUT2D eigenvalue weighted by Gasteiger charge is 2.42. The third-order valence-electron chi connectivity index (χ3n) is 6.95. The van der Waals surface area contributed by atoms with Crippen LogP contribution in [0.5, 0.6) is 0 Å². The molecule has 2 aromatic heterocycles. The Kier molecular flexibility index (Phi) is 7.92. The number of rotatable bonds is 3. The first-order valence-corrected chi connectivity index (χ1v) is 12.9. The fraction of sp³-hybridized carbons (Fsp3) is 0.226. The van der Waals surface area contributed by atoms with Crippen LogP contribution in [0, 0.1) is 24.6 Å². The lowest BCUT2D eigenvalue weighted by atomic mass is 9.88. The second-order valence-corrected chi connectivity index (χ2v) is 9.88. The molecule has 0 spiro atoms. The topological polar surface area (TPSA) is 59.0 Å². The zero-order valence-electron chi connectivity index (χ0n) is 22.4. The van der Waals surface area contributed by atoms with Gasteiger partial charge in [-0.1, -0.05) is 17.9 Å². The van der Waals surface area contributed by atoms with Crippen LogP contribution in [0.15, 0.2) is 66.9 Å². The molecule has 0 fully saturated rings. The first-order chi connectivity index (χ1) is 20.3. The predicted octanol–water partition coefficient (Wildman–Crippen LogP) is 7.14. The fourth-order valence-corrected chi connectivity index (χ4v) is 4.86. The quantitative estimate of drug-likeness (QED) is 0.186. The van der Waals surface area contributed by atoms with Gasteiger partial charge in [-0.2, -0.15) is 31.4 Å². The molecular weight excluding hydrogens is 577 g/mol. The smallest absolute Gasteiger partial charge is 0.300 e. The third kappa shape index (κ3) is 6.51. The van der Waals surface area contributed by atoms with Gasteiger partial charge >= 0.3 is 12.4 Å². The number of pyridine rings is 1. The number of aromatic nitrogens is 3. The van der Waals surface area contributed by atoms with Crippen molar-refractivity contribution in [1.29, 1.82) is 0 Å². The van der Waals surface area contributed by atoms with Crippen molar-refractivity contribution in [2.45, 2.75) is 38.0 Å². The number of alkyl halides is 6. The summed E-state index contributed by atoms with van der Waals surface area (Å²) in [4.78, 5) is 19.2. The first-order valence-electron chi connectivity index (χ1n) is 12.9. The highest BCUT2D eigenvalue weighted by Crippen LogP contribution is 2.43. The Morgan fingerprint density at radius 1 is 0.907 bits per heavy atom. The number of hydrogen-bond acceptors (Lipinski definition) is 4. The van der Waals surface area contributed by atoms with E-state index < -0.39 is 46.7 Å². The molecule has 12 heteroatoms. The average molecular weight is 599 g/mol. The molecule has 0 bridgehead atoms. The number of halogens is 7. The number of nitrogens with zero attached hydrogens (tertiary/aromatic N) is 4. The Labute approximate surface area is 241 Å². The molecular formula is C31H21F7N4O. The highest BCUT2D eigenvalue weighted by molar-refractivity contribution is 6.00. The maximum absolute atomic E-state index is 14.1. The molecule has 1 aliphatic rings. The number of anilines is 1. The summed E-state index contributed by atoms with van der Waals surface area (Å²) in [7, 11) is 0. The van der Waals surface area contributed by atoms with Gasteiger partial charge in [0.05, 0.1) is 35.0 Å². The molecule has 1 aliphatic heterocycles. The van der Waals surface area contributed by atoms with E-state index in [1.165, 1.54) is 18.3 Å². The van der Waals surface area contributed by atoms with Gasteiger partial charge in [0.25, 0.3) is 0 Å². The van der Waals surface area contributed by atoms with Gasteiger partial charge in [0.2, 0.25) is 5.91 Å². The van der Waals surface area contributed by atoms with Gasteiger partial charge in [0, 0.05) is 17.4 Å². The van der Waals surface area contributed by atoms with Crippen LogP contribution in [-0.4, -0.2) is 27.6 Å². The molecule has 0 aliphatic carbocycles. The lowest BCUT2D eigenvalue weighted by Gasteiger charge is -2.26. The molecule has 0 N–H and O–H groups in total. The molecule has 0 radical (unpaired) electrons. The van der Waals surface area contributed by atoms with Crippen LogP contribution in [-0.2, 0) is 23.6 Å². The third-order valence-corrected chi connectivity index (χ3v) is 6.95. The fourth-order valence-electron chi connectivity index (χ4n) is 4.86. The minimum atomic E-state index is -5.16. The van der Waals surface area contributed by atoms with Crippen LogP contribution >= 0.6 is 0 Å². The number of hydrogen-bond donors (Lipinski definition) is 0. The highest BCUT2D eigenvalue weighted by atomic mass is 19.4. The average Bonchev–Trinajstić information content (AvgIpc) is 3.08. The van der Waals surface area contributed by atoms with E-state index in [1.807, 2.05) is 0 Å². The summed E-state index contributed by atoms with van der Waals surface area (Å²) in [5, 5.41) is 8.06. The van der Waals surface area contributed by atoms with Crippen LogP contribution in [0.2, 0.25) is 0 Å². The van der Waals surface area contributed by atoms with Crippen molar-refractivity contribution in [3.8, 4) is 23.2 Å². The number of fused-ring (bicyclic) bond motifs is 1. The Bertz CT molecular complexity index is 1720. The summed E-state index contributed by atoms with van der Waals surface area (Å²) in [5.74, 6) is 2.82. The van der Waals surface area contributed by atoms with Crippen molar-refractivity contribution >= 4 is 11.6 Å². The van der Waals surface area contributed by atoms with Gasteiger partial charge in [-0.15, -0.1) is 5.10 Å². The Morgan fingerprint density at radius 3 is 2.33 bits per heavy atom. The second-order valence-electron chi connectivity index (χ2n) is 9.88. The van der Waals surface area contributed by atoms with Gasteiger partial charge in [0.1, 0.15) is 11.5 Å². The zero-order chi connectivity index (χ0) is 30.9. The van der Waals surface area contributed by atoms with E-state index in [0.717, 1.165) is 16.7 Å². The van der Waals surface area contributed by atoms with Gasteiger partial charge in [-0.3, -0.25) is 14.7 Å². The molecule has 0 saturated heterocycles. The van der Waals surface area contributed by atoms with Crippen molar-refractivity contribution in [2.24, 2.45) is 0 Å². The van der Waals surface area contributed by atoms with Crippen LogP contribution < -0.4 is 4.90 Å². The van der Waals surface area contributed by atoms with E-state index in [2.05, 4.69) is 27.0 Å². The maximum atomic E-state index is 14.1. The van der Waals surface area contributed by atoms with Crippen LogP contribution in [0.1, 0.15) is 45.8 Å². The SMILES string of the molecule is Cc1ccc(-c2ccc(C#CCN3C(=O)C(c4ccc(C(F)(F)F)cc4C(F)(F)F)CCc4cc(F)ccc43)cn2)nn1. The van der Waals surface area contributed by atoms with E-state index in [0.29, 0.717) is 34.6 Å².